The molecule has 0 amide bonds. The van der Waals surface area contributed by atoms with Crippen molar-refractivity contribution < 1.29 is 9.13 Å². The molecule has 4 heteroatoms. The van der Waals surface area contributed by atoms with Gasteiger partial charge in [-0.3, -0.25) is 0 Å². The molecule has 0 aliphatic carbocycles. The van der Waals surface area contributed by atoms with E-state index in [2.05, 4.69) is 37.9 Å². The van der Waals surface area contributed by atoms with Crippen molar-refractivity contribution in [3.63, 3.8) is 0 Å². The van der Waals surface area contributed by atoms with Crippen LogP contribution in [-0.2, 0) is 11.3 Å². The van der Waals surface area contributed by atoms with Crippen molar-refractivity contribution in [2.75, 3.05) is 31.7 Å². The van der Waals surface area contributed by atoms with Crippen LogP contribution in [0, 0.1) is 11.7 Å². The summed E-state index contributed by atoms with van der Waals surface area (Å²) in [7, 11) is 1.71. The normalized spacial score (nSPS) is 11.4. The molecule has 0 aromatic heterocycles. The van der Waals surface area contributed by atoms with Gasteiger partial charge < -0.3 is 15.0 Å². The molecule has 120 valence electrons. The standard InChI is InChI=1S/C17H29FN2O/c1-13(2)12-20(8-9-21-5)17-7-6-16(18)10-15(17)11-19-14(3)4/h6-7,10,13-14,19H,8-9,11-12H2,1-5H3. The fourth-order valence-corrected chi connectivity index (χ4v) is 2.27. The Bertz CT molecular complexity index is 421. The zero-order valence-electron chi connectivity index (χ0n) is 13.9. The van der Waals surface area contributed by atoms with Crippen molar-refractivity contribution in [2.24, 2.45) is 5.92 Å². The molecule has 0 aliphatic heterocycles. The van der Waals surface area contributed by atoms with E-state index >= 15 is 0 Å². The molecule has 1 rings (SSSR count). The number of anilines is 1. The first kappa shape index (κ1) is 17.9. The fourth-order valence-electron chi connectivity index (χ4n) is 2.27. The van der Waals surface area contributed by atoms with Gasteiger partial charge in [-0.2, -0.15) is 0 Å². The van der Waals surface area contributed by atoms with Crippen LogP contribution < -0.4 is 10.2 Å². The van der Waals surface area contributed by atoms with E-state index in [0.717, 1.165) is 24.3 Å². The third kappa shape index (κ3) is 6.44. The van der Waals surface area contributed by atoms with Crippen LogP contribution in [0.2, 0.25) is 0 Å². The largest absolute Gasteiger partial charge is 0.383 e. The van der Waals surface area contributed by atoms with Crippen LogP contribution in [0.15, 0.2) is 18.2 Å². The highest BCUT2D eigenvalue weighted by Gasteiger charge is 2.14. The molecule has 0 fully saturated rings. The smallest absolute Gasteiger partial charge is 0.123 e. The number of nitrogens with zero attached hydrogens (tertiary/aromatic N) is 1. The van der Waals surface area contributed by atoms with E-state index < -0.39 is 0 Å². The molecule has 0 aliphatic rings. The van der Waals surface area contributed by atoms with Gasteiger partial charge in [0.1, 0.15) is 5.82 Å². The molecule has 0 spiro atoms. The number of ether oxygens (including phenoxy) is 1. The second-order valence-corrected chi connectivity index (χ2v) is 6.14. The molecule has 3 nitrogen and oxygen atoms in total. The quantitative estimate of drug-likeness (QED) is 0.755. The molecule has 0 heterocycles. The van der Waals surface area contributed by atoms with Gasteiger partial charge in [0.2, 0.25) is 0 Å². The SMILES string of the molecule is COCCN(CC(C)C)c1ccc(F)cc1CNC(C)C. The average molecular weight is 296 g/mol. The first-order valence-corrected chi connectivity index (χ1v) is 7.69. The molecule has 0 unspecified atom stereocenters. The Morgan fingerprint density at radius 2 is 1.95 bits per heavy atom. The molecule has 0 saturated heterocycles. The number of hydrogen-bond donors (Lipinski definition) is 1. The zero-order chi connectivity index (χ0) is 15.8. The van der Waals surface area contributed by atoms with E-state index in [4.69, 9.17) is 4.74 Å². The van der Waals surface area contributed by atoms with Crippen LogP contribution in [0.5, 0.6) is 0 Å². The van der Waals surface area contributed by atoms with E-state index in [-0.39, 0.29) is 5.82 Å². The molecule has 0 radical (unpaired) electrons. The first-order chi connectivity index (χ1) is 9.93. The molecular formula is C17H29FN2O. The van der Waals surface area contributed by atoms with Crippen molar-refractivity contribution in [2.45, 2.75) is 40.3 Å². The highest BCUT2D eigenvalue weighted by molar-refractivity contribution is 5.54. The van der Waals surface area contributed by atoms with Gasteiger partial charge in [0.25, 0.3) is 0 Å². The number of benzene rings is 1. The van der Waals surface area contributed by atoms with E-state index in [0.29, 0.717) is 25.1 Å². The van der Waals surface area contributed by atoms with Gasteiger partial charge in [0.05, 0.1) is 6.61 Å². The Hall–Kier alpha value is -1.13. The second-order valence-electron chi connectivity index (χ2n) is 6.14. The Morgan fingerprint density at radius 1 is 1.24 bits per heavy atom. The fraction of sp³-hybridized carbons (Fsp3) is 0.647. The minimum Gasteiger partial charge on any atom is -0.383 e. The summed E-state index contributed by atoms with van der Waals surface area (Å²) >= 11 is 0. The maximum atomic E-state index is 13.6. The predicted molar refractivity (Wildman–Crippen MR) is 87.3 cm³/mol. The Morgan fingerprint density at radius 3 is 2.52 bits per heavy atom. The van der Waals surface area contributed by atoms with E-state index in [1.54, 1.807) is 13.2 Å². The lowest BCUT2D eigenvalue weighted by Gasteiger charge is -2.29. The summed E-state index contributed by atoms with van der Waals surface area (Å²) in [6.07, 6.45) is 0. The maximum absolute atomic E-state index is 13.6. The van der Waals surface area contributed by atoms with Gasteiger partial charge in [-0.1, -0.05) is 27.7 Å². The zero-order valence-corrected chi connectivity index (χ0v) is 13.9. The van der Waals surface area contributed by atoms with Crippen molar-refractivity contribution in [1.82, 2.24) is 5.32 Å². The van der Waals surface area contributed by atoms with Crippen LogP contribution in [0.1, 0.15) is 33.3 Å². The molecule has 21 heavy (non-hydrogen) atoms. The molecule has 1 N–H and O–H groups in total. The van der Waals surface area contributed by atoms with Crippen molar-refractivity contribution >= 4 is 5.69 Å². The van der Waals surface area contributed by atoms with Crippen LogP contribution in [0.4, 0.5) is 10.1 Å². The summed E-state index contributed by atoms with van der Waals surface area (Å²) in [5, 5.41) is 3.37. The van der Waals surface area contributed by atoms with Crippen LogP contribution in [0.3, 0.4) is 0 Å². The Kier molecular flexibility index (Phi) is 7.68. The minimum atomic E-state index is -0.185. The second kappa shape index (κ2) is 9.00. The summed E-state index contributed by atoms with van der Waals surface area (Å²) in [4.78, 5) is 2.28. The van der Waals surface area contributed by atoms with Gasteiger partial charge in [-0.25, -0.2) is 4.39 Å². The van der Waals surface area contributed by atoms with Gasteiger partial charge in [-0.15, -0.1) is 0 Å². The number of nitrogens with one attached hydrogen (secondary N) is 1. The number of rotatable bonds is 9. The highest BCUT2D eigenvalue weighted by atomic mass is 19.1. The van der Waals surface area contributed by atoms with Crippen LogP contribution in [-0.4, -0.2) is 32.8 Å². The molecular weight excluding hydrogens is 267 g/mol. The van der Waals surface area contributed by atoms with Crippen molar-refractivity contribution in [3.8, 4) is 0 Å². The monoisotopic (exact) mass is 296 g/mol. The number of methoxy groups -OCH3 is 1. The lowest BCUT2D eigenvalue weighted by Crippen LogP contribution is -2.32. The Labute approximate surface area is 128 Å². The number of halogens is 1. The topological polar surface area (TPSA) is 24.5 Å². The third-order valence-electron chi connectivity index (χ3n) is 3.23. The average Bonchev–Trinajstić information content (AvgIpc) is 2.41. The molecule has 0 saturated carbocycles. The summed E-state index contributed by atoms with van der Waals surface area (Å²) in [5.74, 6) is 0.355. The third-order valence-corrected chi connectivity index (χ3v) is 3.23. The molecule has 0 atom stereocenters. The van der Waals surface area contributed by atoms with Crippen LogP contribution >= 0.6 is 0 Å². The maximum Gasteiger partial charge on any atom is 0.123 e. The molecule has 1 aromatic carbocycles. The van der Waals surface area contributed by atoms with Crippen molar-refractivity contribution in [1.29, 1.82) is 0 Å². The lowest BCUT2D eigenvalue weighted by atomic mass is 10.1. The number of hydrogen-bond acceptors (Lipinski definition) is 3. The summed E-state index contributed by atoms with van der Waals surface area (Å²) in [6.45, 7) is 11.7. The lowest BCUT2D eigenvalue weighted by molar-refractivity contribution is 0.204. The van der Waals surface area contributed by atoms with Gasteiger partial charge >= 0.3 is 0 Å². The first-order valence-electron chi connectivity index (χ1n) is 7.69. The van der Waals surface area contributed by atoms with E-state index in [1.807, 2.05) is 6.07 Å². The summed E-state index contributed by atoms with van der Waals surface area (Å²) in [5.41, 5.74) is 2.09. The van der Waals surface area contributed by atoms with Gasteiger partial charge in [-0.05, 0) is 29.7 Å². The predicted octanol–water partition coefficient (Wildman–Crippen LogP) is 3.43. The molecule has 1 aromatic rings. The van der Waals surface area contributed by atoms with Gasteiger partial charge in [0, 0.05) is 38.5 Å². The van der Waals surface area contributed by atoms with E-state index in [9.17, 15) is 4.39 Å². The summed E-state index contributed by atoms with van der Waals surface area (Å²) < 4.78 is 18.8. The van der Waals surface area contributed by atoms with Crippen LogP contribution in [0.25, 0.3) is 0 Å². The highest BCUT2D eigenvalue weighted by Crippen LogP contribution is 2.23. The molecule has 0 bridgehead atoms. The van der Waals surface area contributed by atoms with Gasteiger partial charge in [0.15, 0.2) is 0 Å². The minimum absolute atomic E-state index is 0.185. The van der Waals surface area contributed by atoms with Crippen molar-refractivity contribution in [3.05, 3.63) is 29.6 Å². The Balaban J connectivity index is 2.98. The summed E-state index contributed by atoms with van der Waals surface area (Å²) in [6, 6.07) is 5.42. The van der Waals surface area contributed by atoms with E-state index in [1.165, 1.54) is 6.07 Å².